The Bertz CT molecular complexity index is 741. The van der Waals surface area contributed by atoms with Gasteiger partial charge in [0, 0.05) is 10.4 Å². The van der Waals surface area contributed by atoms with E-state index in [0.29, 0.717) is 4.88 Å². The first kappa shape index (κ1) is 14.9. The lowest BCUT2D eigenvalue weighted by molar-refractivity contribution is 0.0702. The standard InChI is InChI=1S/C18H18O3S/c1-18(2)9-10-21-15-7-4-12(11-14(15)18)3-5-13-6-8-16(22-13)17(19)20/h3-8,11H,9-10H2,1-2H3,(H,19,20)/b5-3-. The molecule has 0 spiro atoms. The lowest BCUT2D eigenvalue weighted by Gasteiger charge is -2.32. The molecule has 2 heterocycles. The van der Waals surface area contributed by atoms with Gasteiger partial charge >= 0.3 is 5.97 Å². The van der Waals surface area contributed by atoms with Crippen molar-refractivity contribution in [2.24, 2.45) is 0 Å². The van der Waals surface area contributed by atoms with Gasteiger partial charge in [-0.1, -0.05) is 26.0 Å². The van der Waals surface area contributed by atoms with Gasteiger partial charge in [0.15, 0.2) is 0 Å². The molecule has 0 atom stereocenters. The highest BCUT2D eigenvalue weighted by Crippen LogP contribution is 2.38. The maximum atomic E-state index is 10.9. The van der Waals surface area contributed by atoms with Gasteiger partial charge < -0.3 is 9.84 Å². The highest BCUT2D eigenvalue weighted by molar-refractivity contribution is 7.14. The first-order valence-electron chi connectivity index (χ1n) is 7.24. The van der Waals surface area contributed by atoms with Crippen molar-refractivity contribution in [3.63, 3.8) is 0 Å². The van der Waals surface area contributed by atoms with Gasteiger partial charge in [-0.25, -0.2) is 4.79 Å². The van der Waals surface area contributed by atoms with Crippen molar-refractivity contribution < 1.29 is 14.6 Å². The highest BCUT2D eigenvalue weighted by Gasteiger charge is 2.28. The summed E-state index contributed by atoms with van der Waals surface area (Å²) in [5, 5.41) is 8.95. The van der Waals surface area contributed by atoms with Crippen LogP contribution in [0.3, 0.4) is 0 Å². The van der Waals surface area contributed by atoms with Gasteiger partial charge in [0.2, 0.25) is 0 Å². The molecule has 3 rings (SSSR count). The summed E-state index contributed by atoms with van der Waals surface area (Å²) in [6.07, 6.45) is 4.98. The Labute approximate surface area is 133 Å². The smallest absolute Gasteiger partial charge is 0.345 e. The number of fused-ring (bicyclic) bond motifs is 1. The van der Waals surface area contributed by atoms with E-state index in [2.05, 4.69) is 19.9 Å². The highest BCUT2D eigenvalue weighted by atomic mass is 32.1. The van der Waals surface area contributed by atoms with E-state index < -0.39 is 5.97 Å². The van der Waals surface area contributed by atoms with Crippen molar-refractivity contribution in [1.82, 2.24) is 0 Å². The summed E-state index contributed by atoms with van der Waals surface area (Å²) in [5.41, 5.74) is 2.46. The second-order valence-electron chi connectivity index (χ2n) is 6.08. The summed E-state index contributed by atoms with van der Waals surface area (Å²) in [6, 6.07) is 9.68. The third-order valence-electron chi connectivity index (χ3n) is 3.99. The number of ether oxygens (including phenoxy) is 1. The van der Waals surface area contributed by atoms with Crippen LogP contribution < -0.4 is 4.74 Å². The molecule has 0 saturated heterocycles. The van der Waals surface area contributed by atoms with E-state index in [-0.39, 0.29) is 5.41 Å². The van der Waals surface area contributed by atoms with E-state index in [4.69, 9.17) is 9.84 Å². The number of hydrogen-bond acceptors (Lipinski definition) is 3. The number of rotatable bonds is 3. The summed E-state index contributed by atoms with van der Waals surface area (Å²) < 4.78 is 5.72. The van der Waals surface area contributed by atoms with Crippen molar-refractivity contribution in [2.45, 2.75) is 25.7 Å². The molecule has 1 aliphatic heterocycles. The molecule has 2 aromatic rings. The van der Waals surface area contributed by atoms with Crippen LogP contribution in [0.2, 0.25) is 0 Å². The van der Waals surface area contributed by atoms with Crippen LogP contribution in [0.25, 0.3) is 12.2 Å². The Morgan fingerprint density at radius 1 is 1.27 bits per heavy atom. The largest absolute Gasteiger partial charge is 0.493 e. The molecule has 4 heteroatoms. The summed E-state index contributed by atoms with van der Waals surface area (Å²) in [7, 11) is 0. The lowest BCUT2D eigenvalue weighted by atomic mass is 9.79. The normalized spacial score (nSPS) is 16.3. The van der Waals surface area contributed by atoms with Crippen molar-refractivity contribution >= 4 is 29.5 Å². The van der Waals surface area contributed by atoms with Gasteiger partial charge in [-0.3, -0.25) is 0 Å². The summed E-state index contributed by atoms with van der Waals surface area (Å²) in [4.78, 5) is 12.2. The fourth-order valence-corrected chi connectivity index (χ4v) is 3.34. The van der Waals surface area contributed by atoms with E-state index in [1.807, 2.05) is 30.4 Å². The van der Waals surface area contributed by atoms with Gasteiger partial charge in [-0.05, 0) is 47.7 Å². The second kappa shape index (κ2) is 5.61. The zero-order valence-electron chi connectivity index (χ0n) is 12.6. The number of carbonyl (C=O) groups is 1. The van der Waals surface area contributed by atoms with Gasteiger partial charge in [-0.2, -0.15) is 0 Å². The third kappa shape index (κ3) is 2.92. The molecule has 0 fully saturated rings. The topological polar surface area (TPSA) is 46.5 Å². The van der Waals surface area contributed by atoms with Crippen LogP contribution in [0, 0.1) is 0 Å². The fourth-order valence-electron chi connectivity index (χ4n) is 2.59. The van der Waals surface area contributed by atoms with E-state index in [1.165, 1.54) is 16.9 Å². The minimum absolute atomic E-state index is 0.122. The zero-order chi connectivity index (χ0) is 15.7. The molecule has 1 aliphatic rings. The minimum Gasteiger partial charge on any atom is -0.493 e. The number of carboxylic acid groups (broad SMARTS) is 1. The van der Waals surface area contributed by atoms with Gasteiger partial charge in [0.25, 0.3) is 0 Å². The second-order valence-corrected chi connectivity index (χ2v) is 7.19. The predicted molar refractivity (Wildman–Crippen MR) is 89.8 cm³/mol. The SMILES string of the molecule is CC1(C)CCOc2ccc(/C=C\c3ccc(C(=O)O)s3)cc21. The number of benzene rings is 1. The number of carboxylic acids is 1. The molecule has 1 aromatic heterocycles. The first-order chi connectivity index (χ1) is 10.5. The molecule has 1 aromatic carbocycles. The van der Waals surface area contributed by atoms with Crippen molar-refractivity contribution in [1.29, 1.82) is 0 Å². The quantitative estimate of drug-likeness (QED) is 0.895. The fraction of sp³-hybridized carbons (Fsp3) is 0.278. The van der Waals surface area contributed by atoms with Crippen molar-refractivity contribution in [3.8, 4) is 5.75 Å². The van der Waals surface area contributed by atoms with Crippen molar-refractivity contribution in [2.75, 3.05) is 6.61 Å². The third-order valence-corrected chi connectivity index (χ3v) is 5.03. The molecule has 114 valence electrons. The average Bonchev–Trinajstić information content (AvgIpc) is 2.94. The Morgan fingerprint density at radius 2 is 2.09 bits per heavy atom. The molecule has 0 bridgehead atoms. The number of thiophene rings is 1. The summed E-state index contributed by atoms with van der Waals surface area (Å²) >= 11 is 1.28. The Hall–Kier alpha value is -2.07. The molecule has 3 nitrogen and oxygen atoms in total. The van der Waals surface area contributed by atoms with Crippen LogP contribution in [0.1, 0.15) is 45.9 Å². The molecule has 0 amide bonds. The van der Waals surface area contributed by atoms with Crippen LogP contribution >= 0.6 is 11.3 Å². The minimum atomic E-state index is -0.877. The number of hydrogen-bond donors (Lipinski definition) is 1. The monoisotopic (exact) mass is 314 g/mol. The maximum absolute atomic E-state index is 10.9. The molecule has 1 N–H and O–H groups in total. The molecule has 0 radical (unpaired) electrons. The molecule has 0 unspecified atom stereocenters. The molecular formula is C18H18O3S. The zero-order valence-corrected chi connectivity index (χ0v) is 13.4. The number of aromatic carboxylic acids is 1. The van der Waals surface area contributed by atoms with E-state index in [0.717, 1.165) is 29.2 Å². The lowest BCUT2D eigenvalue weighted by Crippen LogP contribution is -2.26. The molecule has 0 aliphatic carbocycles. The summed E-state index contributed by atoms with van der Waals surface area (Å²) in [6.45, 7) is 5.24. The van der Waals surface area contributed by atoms with E-state index >= 15 is 0 Å². The average molecular weight is 314 g/mol. The van der Waals surface area contributed by atoms with Crippen LogP contribution in [-0.2, 0) is 5.41 Å². The van der Waals surface area contributed by atoms with Gasteiger partial charge in [-0.15, -0.1) is 11.3 Å². The van der Waals surface area contributed by atoms with Crippen LogP contribution in [-0.4, -0.2) is 17.7 Å². The Balaban J connectivity index is 1.86. The maximum Gasteiger partial charge on any atom is 0.345 e. The van der Waals surface area contributed by atoms with E-state index in [9.17, 15) is 4.79 Å². The molecule has 22 heavy (non-hydrogen) atoms. The summed E-state index contributed by atoms with van der Waals surface area (Å²) in [5.74, 6) is 0.0926. The predicted octanol–water partition coefficient (Wildman–Crippen LogP) is 4.68. The van der Waals surface area contributed by atoms with E-state index in [1.54, 1.807) is 6.07 Å². The molecular weight excluding hydrogens is 296 g/mol. The van der Waals surface area contributed by atoms with Gasteiger partial charge in [0.05, 0.1) is 6.61 Å². The molecule has 0 saturated carbocycles. The first-order valence-corrected chi connectivity index (χ1v) is 8.06. The van der Waals surface area contributed by atoms with Crippen LogP contribution in [0.15, 0.2) is 30.3 Å². The van der Waals surface area contributed by atoms with Crippen LogP contribution in [0.4, 0.5) is 0 Å². The Morgan fingerprint density at radius 3 is 2.82 bits per heavy atom. The van der Waals surface area contributed by atoms with Crippen molar-refractivity contribution in [3.05, 3.63) is 51.2 Å². The Kier molecular flexibility index (Phi) is 3.79. The van der Waals surface area contributed by atoms with Crippen LogP contribution in [0.5, 0.6) is 5.75 Å². The van der Waals surface area contributed by atoms with Gasteiger partial charge in [0.1, 0.15) is 10.6 Å².